The van der Waals surface area contributed by atoms with Crippen molar-refractivity contribution in [3.63, 3.8) is 0 Å². The molecule has 0 aliphatic carbocycles. The Hall–Kier alpha value is -16.7. The highest BCUT2D eigenvalue weighted by Gasteiger charge is 2.18. The van der Waals surface area contributed by atoms with E-state index in [4.69, 9.17) is 44.9 Å². The summed E-state index contributed by atoms with van der Waals surface area (Å²) in [6.45, 7) is 0. The zero-order chi connectivity index (χ0) is 80.2. The number of rotatable bonds is 18. The lowest BCUT2D eigenvalue weighted by Crippen LogP contribution is -1.96. The molecule has 0 aliphatic heterocycles. The summed E-state index contributed by atoms with van der Waals surface area (Å²) >= 11 is 0. The summed E-state index contributed by atoms with van der Waals surface area (Å²) in [7, 11) is 0. The molecule has 0 aliphatic rings. The average molecular weight is 1540 g/mol. The highest BCUT2D eigenvalue weighted by molar-refractivity contribution is 5.82. The van der Waals surface area contributed by atoms with Gasteiger partial charge in [0, 0.05) is 98.4 Å². The largest absolute Gasteiger partial charge is 0.255 e. The lowest BCUT2D eigenvalue weighted by atomic mass is 9.97. The molecule has 0 radical (unpaired) electrons. The van der Waals surface area contributed by atoms with Crippen molar-refractivity contribution in [2.45, 2.75) is 0 Å². The second-order valence-electron chi connectivity index (χ2n) is 28.3. The summed E-state index contributed by atoms with van der Waals surface area (Å²) in [6.07, 6.45) is 10.7. The van der Waals surface area contributed by atoms with Gasteiger partial charge < -0.3 is 0 Å². The number of hydrogen-bond donors (Lipinski definition) is 0. The van der Waals surface area contributed by atoms with Crippen LogP contribution in [0, 0.1) is 0 Å². The number of pyridine rings is 13. The lowest BCUT2D eigenvalue weighted by molar-refractivity contribution is 1.18. The maximum atomic E-state index is 5.25. The molecule has 0 unspecified atom stereocenters. The minimum Gasteiger partial charge on any atom is -0.255 e. The normalized spacial score (nSPS) is 11.0. The maximum Gasteiger partial charge on any atom is 0.160 e. The molecule has 0 fully saturated rings. The Balaban J connectivity index is 0.000000159. The topological polar surface area (TPSA) is 193 Å². The average Bonchev–Trinajstić information content (AvgIpc) is 0.791. The van der Waals surface area contributed by atoms with Gasteiger partial charge in [0.15, 0.2) is 5.82 Å². The van der Waals surface area contributed by atoms with Gasteiger partial charge in [-0.2, -0.15) is 0 Å². The molecule has 0 N–H and O–H groups in total. The number of aromatic nitrogens is 15. The van der Waals surface area contributed by atoms with Gasteiger partial charge >= 0.3 is 0 Å². The van der Waals surface area contributed by atoms with E-state index in [0.717, 1.165) is 198 Å². The van der Waals surface area contributed by atoms with E-state index in [1.807, 2.05) is 218 Å². The Morgan fingerprint density at radius 1 is 0.100 bits per heavy atom. The molecular formula is C105H69N15. The van der Waals surface area contributed by atoms with Crippen LogP contribution in [0.25, 0.3) is 203 Å². The Morgan fingerprint density at radius 3 is 0.475 bits per heavy atom. The first kappa shape index (κ1) is 73.5. The molecule has 14 aromatic heterocycles. The predicted molar refractivity (Wildman–Crippen MR) is 478 cm³/mol. The number of nitrogens with zero attached hydrogens (tertiary/aromatic N) is 15. The van der Waals surface area contributed by atoms with Crippen molar-refractivity contribution in [1.29, 1.82) is 0 Å². The Bertz CT molecular complexity index is 5830. The van der Waals surface area contributed by atoms with Crippen LogP contribution in [0.4, 0.5) is 0 Å². The molecule has 0 amide bonds. The Labute approximate surface area is 693 Å². The molecule has 0 bridgehead atoms. The SMILES string of the molecule is c1ccc(-c2cccc(-c3ccc(-c4cc(-c5ccc(-c6cccc(-c7ccccn7)n6)cc5)nc(-c5ccc(-c6cccc(-c7ccccn7)n6)cc5)c4)cc3)n2)nc1.c1ccc(-c2cccc(-c3ccc(-c4cc(-c5ccc(-c6cccc(-c7ccccn7)n6)cc5)nc(-c5ccc(-c6cccc(-c7ccccn7)n6)cc5)n4)cc3)n2)nc1. The zero-order valence-corrected chi connectivity index (χ0v) is 64.5. The molecular weight excluding hydrogens is 1470 g/mol. The van der Waals surface area contributed by atoms with E-state index in [1.165, 1.54) is 0 Å². The van der Waals surface area contributed by atoms with Crippen molar-refractivity contribution in [2.75, 3.05) is 0 Å². The van der Waals surface area contributed by atoms with E-state index < -0.39 is 0 Å². The summed E-state index contributed by atoms with van der Waals surface area (Å²) < 4.78 is 0. The van der Waals surface area contributed by atoms with Crippen molar-refractivity contribution in [3.8, 4) is 203 Å². The summed E-state index contributed by atoms with van der Waals surface area (Å²) in [5, 5.41) is 0. The molecule has 0 saturated heterocycles. The first-order chi connectivity index (χ1) is 59.4. The molecule has 564 valence electrons. The van der Waals surface area contributed by atoms with Gasteiger partial charge in [0.25, 0.3) is 0 Å². The van der Waals surface area contributed by atoms with Crippen LogP contribution in [-0.2, 0) is 0 Å². The minimum absolute atomic E-state index is 0.617. The standard InChI is InChI=1S/C53H35N7.C52H34N8/c1-4-31-54-46(10-1)49-16-7-13-43(57-49)37-21-19-36(20-22-37)42-34-52(40-27-23-38(24-28-40)44-14-8-17-50(58-44)47-11-2-5-32-55-47)60-53(35-42)41-29-25-39(26-30-41)45-15-9-18-51(59-45)48-12-3-6-33-56-48;1-4-31-53-44(10-1)47-16-7-13-41(56-47)35-19-23-38(24-20-35)50-34-51(39-25-21-36(22-26-39)42-14-8-17-48(57-42)45-11-2-5-32-54-45)60-52(59-50)40-29-27-37(28-30-40)43-15-9-18-49(58-43)46-12-3-6-33-55-46/h1-35H;1-34H. The van der Waals surface area contributed by atoms with Crippen LogP contribution >= 0.6 is 0 Å². The highest BCUT2D eigenvalue weighted by Crippen LogP contribution is 2.37. The summed E-state index contributed by atoms with van der Waals surface area (Å²) in [4.78, 5) is 72.0. The fourth-order valence-electron chi connectivity index (χ4n) is 14.3. The van der Waals surface area contributed by atoms with E-state index in [-0.39, 0.29) is 0 Å². The van der Waals surface area contributed by atoms with Gasteiger partial charge in [0.05, 0.1) is 125 Å². The second kappa shape index (κ2) is 34.2. The van der Waals surface area contributed by atoms with Crippen LogP contribution in [0.1, 0.15) is 0 Å². The summed E-state index contributed by atoms with van der Waals surface area (Å²) in [6, 6.07) is 128. The van der Waals surface area contributed by atoms with E-state index in [0.29, 0.717) is 5.82 Å². The lowest BCUT2D eigenvalue weighted by Gasteiger charge is -2.12. The van der Waals surface area contributed by atoms with Gasteiger partial charge in [-0.3, -0.25) is 29.9 Å². The van der Waals surface area contributed by atoms with Crippen LogP contribution in [0.3, 0.4) is 0 Å². The first-order valence-corrected chi connectivity index (χ1v) is 39.3. The van der Waals surface area contributed by atoms with Crippen molar-refractivity contribution in [2.24, 2.45) is 0 Å². The third-order valence-electron chi connectivity index (χ3n) is 20.5. The maximum absolute atomic E-state index is 5.25. The van der Waals surface area contributed by atoms with Gasteiger partial charge in [-0.05, 0) is 175 Å². The van der Waals surface area contributed by atoms with E-state index >= 15 is 0 Å². The molecule has 0 spiro atoms. The van der Waals surface area contributed by atoms with E-state index in [9.17, 15) is 0 Å². The van der Waals surface area contributed by atoms with Crippen molar-refractivity contribution in [1.82, 2.24) is 74.8 Å². The smallest absolute Gasteiger partial charge is 0.160 e. The Morgan fingerprint density at radius 2 is 0.267 bits per heavy atom. The number of hydrogen-bond acceptors (Lipinski definition) is 15. The monoisotopic (exact) mass is 1540 g/mol. The molecule has 20 rings (SSSR count). The molecule has 6 aromatic carbocycles. The predicted octanol–water partition coefficient (Wildman–Crippen LogP) is 24.3. The van der Waals surface area contributed by atoms with Crippen LogP contribution in [0.5, 0.6) is 0 Å². The molecule has 0 atom stereocenters. The van der Waals surface area contributed by atoms with Gasteiger partial charge in [-0.15, -0.1) is 0 Å². The zero-order valence-electron chi connectivity index (χ0n) is 64.5. The molecule has 14 heterocycles. The second-order valence-corrected chi connectivity index (χ2v) is 28.3. The van der Waals surface area contributed by atoms with Gasteiger partial charge in [-0.25, -0.2) is 44.9 Å². The van der Waals surface area contributed by atoms with Crippen LogP contribution < -0.4 is 0 Å². The Kier molecular flexibility index (Phi) is 20.9. The molecule has 0 saturated carbocycles. The van der Waals surface area contributed by atoms with Crippen molar-refractivity contribution < 1.29 is 0 Å². The fourth-order valence-corrected chi connectivity index (χ4v) is 14.3. The molecule has 120 heavy (non-hydrogen) atoms. The third kappa shape index (κ3) is 16.7. The van der Waals surface area contributed by atoms with E-state index in [2.05, 4.69) is 194 Å². The number of benzene rings is 6. The molecule has 15 nitrogen and oxygen atoms in total. The van der Waals surface area contributed by atoms with Crippen LogP contribution in [0.2, 0.25) is 0 Å². The third-order valence-corrected chi connectivity index (χ3v) is 20.5. The van der Waals surface area contributed by atoms with Gasteiger partial charge in [0.2, 0.25) is 0 Å². The first-order valence-electron chi connectivity index (χ1n) is 39.3. The van der Waals surface area contributed by atoms with Crippen molar-refractivity contribution in [3.05, 3.63) is 419 Å². The van der Waals surface area contributed by atoms with Gasteiger partial charge in [-0.1, -0.05) is 218 Å². The van der Waals surface area contributed by atoms with Crippen molar-refractivity contribution >= 4 is 0 Å². The quantitative estimate of drug-likeness (QED) is 0.0787. The van der Waals surface area contributed by atoms with Crippen LogP contribution in [-0.4, -0.2) is 74.8 Å². The van der Waals surface area contributed by atoms with Crippen LogP contribution in [0.15, 0.2) is 419 Å². The van der Waals surface area contributed by atoms with Gasteiger partial charge in [0.1, 0.15) is 0 Å². The minimum atomic E-state index is 0.617. The molecule has 20 aromatic rings. The highest BCUT2D eigenvalue weighted by atomic mass is 14.9. The van der Waals surface area contributed by atoms with E-state index in [1.54, 1.807) is 37.2 Å². The fraction of sp³-hybridized carbons (Fsp3) is 0. The summed E-state index contributed by atoms with van der Waals surface area (Å²) in [5.41, 5.74) is 31.6. The molecule has 15 heteroatoms. The summed E-state index contributed by atoms with van der Waals surface area (Å²) in [5.74, 6) is 0.617.